The quantitative estimate of drug-likeness (QED) is 0.410. The van der Waals surface area contributed by atoms with Crippen molar-refractivity contribution in [3.63, 3.8) is 0 Å². The number of allylic oxidation sites excluding steroid dienone is 3. The Labute approximate surface area is 186 Å². The van der Waals surface area contributed by atoms with Gasteiger partial charge in [-0.3, -0.25) is 0 Å². The van der Waals surface area contributed by atoms with Crippen LogP contribution < -0.4 is 0 Å². The van der Waals surface area contributed by atoms with E-state index in [-0.39, 0.29) is 5.56 Å². The maximum absolute atomic E-state index is 14.5. The van der Waals surface area contributed by atoms with Crippen molar-refractivity contribution in [3.8, 4) is 11.1 Å². The van der Waals surface area contributed by atoms with E-state index in [9.17, 15) is 8.78 Å². The van der Waals surface area contributed by atoms with Crippen LogP contribution in [0.5, 0.6) is 0 Å². The zero-order chi connectivity index (χ0) is 21.8. The lowest BCUT2D eigenvalue weighted by molar-refractivity contribution is 0.133. The third-order valence-corrected chi connectivity index (χ3v) is 7.64. The lowest BCUT2D eigenvalue weighted by atomic mass is 9.64. The van der Waals surface area contributed by atoms with Crippen molar-refractivity contribution in [1.82, 2.24) is 0 Å². The molecule has 2 aliphatic rings. The molecule has 2 saturated carbocycles. The molecule has 0 aromatic heterocycles. The van der Waals surface area contributed by atoms with E-state index in [1.54, 1.807) is 0 Å². The average molecular weight is 421 g/mol. The highest BCUT2D eigenvalue weighted by molar-refractivity contribution is 5.64. The maximum Gasteiger partial charge on any atom is 0.129 e. The number of rotatable bonds is 6. The van der Waals surface area contributed by atoms with Gasteiger partial charge in [-0.15, -0.1) is 6.58 Å². The minimum atomic E-state index is -0.447. The number of hydrogen-bond donors (Lipinski definition) is 0. The van der Waals surface area contributed by atoms with Crippen LogP contribution in [-0.2, 0) is 6.42 Å². The second-order valence-electron chi connectivity index (χ2n) is 9.49. The summed E-state index contributed by atoms with van der Waals surface area (Å²) >= 11 is 0. The summed E-state index contributed by atoms with van der Waals surface area (Å²) in [5.41, 5.74) is 3.04. The summed E-state index contributed by atoms with van der Waals surface area (Å²) in [5, 5.41) is 0. The molecule has 2 fully saturated rings. The van der Waals surface area contributed by atoms with E-state index in [4.69, 9.17) is 0 Å². The van der Waals surface area contributed by atoms with E-state index in [2.05, 4.69) is 24.8 Å². The Morgan fingerprint density at radius 3 is 2.26 bits per heavy atom. The van der Waals surface area contributed by atoms with Crippen LogP contribution in [0.25, 0.3) is 11.1 Å². The van der Waals surface area contributed by atoms with Gasteiger partial charge in [-0.05, 0) is 111 Å². The van der Waals surface area contributed by atoms with Gasteiger partial charge in [-0.25, -0.2) is 8.78 Å². The van der Waals surface area contributed by atoms with Crippen molar-refractivity contribution in [3.05, 3.63) is 84.0 Å². The molecule has 0 N–H and O–H groups in total. The first-order valence-corrected chi connectivity index (χ1v) is 11.9. The summed E-state index contributed by atoms with van der Waals surface area (Å²) in [7, 11) is 0. The number of hydrogen-bond acceptors (Lipinski definition) is 0. The molecule has 4 rings (SSSR count). The molecule has 0 radical (unpaired) electrons. The Morgan fingerprint density at radius 2 is 1.58 bits per heavy atom. The molecular weight excluding hydrogens is 386 g/mol. The molecule has 164 valence electrons. The van der Waals surface area contributed by atoms with E-state index in [0.717, 1.165) is 17.4 Å². The van der Waals surface area contributed by atoms with Crippen LogP contribution in [0.1, 0.15) is 68.9 Å². The smallest absolute Gasteiger partial charge is 0.129 e. The minimum absolute atomic E-state index is 0.182. The van der Waals surface area contributed by atoms with Crippen molar-refractivity contribution >= 4 is 0 Å². The topological polar surface area (TPSA) is 0 Å². The van der Waals surface area contributed by atoms with Gasteiger partial charge in [0.05, 0.1) is 0 Å². The van der Waals surface area contributed by atoms with Crippen molar-refractivity contribution < 1.29 is 8.78 Å². The Kier molecular flexibility index (Phi) is 7.05. The van der Waals surface area contributed by atoms with Gasteiger partial charge < -0.3 is 0 Å². The van der Waals surface area contributed by atoms with Crippen LogP contribution in [0.2, 0.25) is 0 Å². The molecule has 4 unspecified atom stereocenters. The first kappa shape index (κ1) is 22.0. The van der Waals surface area contributed by atoms with Crippen LogP contribution in [0.15, 0.2) is 61.2 Å². The van der Waals surface area contributed by atoms with E-state index in [1.165, 1.54) is 56.2 Å². The van der Waals surface area contributed by atoms with Crippen LogP contribution in [-0.4, -0.2) is 0 Å². The highest BCUT2D eigenvalue weighted by atomic mass is 19.1. The summed E-state index contributed by atoms with van der Waals surface area (Å²) in [6, 6.07) is 11.4. The van der Waals surface area contributed by atoms with Gasteiger partial charge in [0.25, 0.3) is 0 Å². The van der Waals surface area contributed by atoms with Crippen molar-refractivity contribution in [2.75, 3.05) is 0 Å². The Hall–Kier alpha value is -2.22. The molecule has 0 spiro atoms. The molecule has 2 aliphatic carbocycles. The van der Waals surface area contributed by atoms with Gasteiger partial charge in [-0.1, -0.05) is 42.5 Å². The Morgan fingerprint density at radius 1 is 0.903 bits per heavy atom. The van der Waals surface area contributed by atoms with E-state index >= 15 is 0 Å². The number of fused-ring (bicyclic) bond motifs is 1. The molecule has 0 nitrogen and oxygen atoms in total. The SMILES string of the molecule is C=CC1CCC2CC(c3ccc(-c4cc(F)c(CC/C=C/C)c(F)c4)cc3)CCC2C1. The average Bonchev–Trinajstić information content (AvgIpc) is 2.80. The van der Waals surface area contributed by atoms with E-state index in [0.29, 0.717) is 30.2 Å². The van der Waals surface area contributed by atoms with E-state index in [1.807, 2.05) is 31.2 Å². The van der Waals surface area contributed by atoms with E-state index < -0.39 is 11.6 Å². The molecular formula is C29H34F2. The molecule has 4 atom stereocenters. The van der Waals surface area contributed by atoms with Gasteiger partial charge in [0.1, 0.15) is 11.6 Å². The molecule has 0 bridgehead atoms. The molecule has 2 aromatic rings. The number of benzene rings is 2. The van der Waals surface area contributed by atoms with Crippen LogP contribution in [0, 0.1) is 29.4 Å². The highest BCUT2D eigenvalue weighted by Gasteiger charge is 2.35. The summed E-state index contributed by atoms with van der Waals surface area (Å²) in [5.74, 6) is 2.14. The van der Waals surface area contributed by atoms with Crippen LogP contribution >= 0.6 is 0 Å². The first-order chi connectivity index (χ1) is 15.1. The number of halogens is 2. The third kappa shape index (κ3) is 5.00. The molecule has 0 amide bonds. The zero-order valence-corrected chi connectivity index (χ0v) is 18.6. The van der Waals surface area contributed by atoms with Gasteiger partial charge in [-0.2, -0.15) is 0 Å². The summed E-state index contributed by atoms with van der Waals surface area (Å²) in [6.07, 6.45) is 14.8. The maximum atomic E-state index is 14.5. The normalized spacial score (nSPS) is 26.0. The molecule has 2 aromatic carbocycles. The molecule has 0 saturated heterocycles. The van der Waals surface area contributed by atoms with Gasteiger partial charge in [0.2, 0.25) is 0 Å². The van der Waals surface area contributed by atoms with Gasteiger partial charge in [0.15, 0.2) is 0 Å². The third-order valence-electron chi connectivity index (χ3n) is 7.64. The molecule has 2 heteroatoms. The molecule has 0 heterocycles. The predicted octanol–water partition coefficient (Wildman–Crippen LogP) is 8.63. The first-order valence-electron chi connectivity index (χ1n) is 11.9. The Balaban J connectivity index is 1.44. The standard InChI is InChI=1S/C29H34F2/c1-3-5-6-7-27-28(30)18-26(19-29(27)31)22-12-10-21(11-13-22)24-15-14-23-16-20(4-2)8-9-25(23)17-24/h3-5,10-13,18-20,23-25H,2,6-9,14-17H2,1H3/b5-3+. The second-order valence-corrected chi connectivity index (χ2v) is 9.49. The lowest BCUT2D eigenvalue weighted by Crippen LogP contribution is -2.29. The summed E-state index contributed by atoms with van der Waals surface area (Å²) in [6.45, 7) is 5.92. The fourth-order valence-corrected chi connectivity index (χ4v) is 5.79. The second kappa shape index (κ2) is 9.94. The lowest BCUT2D eigenvalue weighted by Gasteiger charge is -2.41. The predicted molar refractivity (Wildman–Crippen MR) is 126 cm³/mol. The zero-order valence-electron chi connectivity index (χ0n) is 18.6. The van der Waals surface area contributed by atoms with Gasteiger partial charge >= 0.3 is 0 Å². The molecule has 31 heavy (non-hydrogen) atoms. The van der Waals surface area contributed by atoms with Crippen molar-refractivity contribution in [1.29, 1.82) is 0 Å². The fourth-order valence-electron chi connectivity index (χ4n) is 5.79. The Bertz CT molecular complexity index is 901. The van der Waals surface area contributed by atoms with Crippen LogP contribution in [0.4, 0.5) is 8.78 Å². The van der Waals surface area contributed by atoms with Gasteiger partial charge in [0, 0.05) is 5.56 Å². The largest absolute Gasteiger partial charge is 0.207 e. The summed E-state index contributed by atoms with van der Waals surface area (Å²) in [4.78, 5) is 0. The summed E-state index contributed by atoms with van der Waals surface area (Å²) < 4.78 is 29.1. The molecule has 0 aliphatic heterocycles. The monoisotopic (exact) mass is 420 g/mol. The van der Waals surface area contributed by atoms with Crippen molar-refractivity contribution in [2.45, 2.75) is 64.2 Å². The fraction of sp³-hybridized carbons (Fsp3) is 0.448. The highest BCUT2D eigenvalue weighted by Crippen LogP contribution is 2.47. The minimum Gasteiger partial charge on any atom is -0.207 e. The van der Waals surface area contributed by atoms with Crippen molar-refractivity contribution in [2.24, 2.45) is 17.8 Å². The van der Waals surface area contributed by atoms with Crippen LogP contribution in [0.3, 0.4) is 0 Å².